The summed E-state index contributed by atoms with van der Waals surface area (Å²) in [6, 6.07) is 8.85. The van der Waals surface area contributed by atoms with Gasteiger partial charge in [-0.3, -0.25) is 9.89 Å². The highest BCUT2D eigenvalue weighted by Crippen LogP contribution is 2.22. The third-order valence-corrected chi connectivity index (χ3v) is 4.56. The lowest BCUT2D eigenvalue weighted by molar-refractivity contribution is 0.0377. The van der Waals surface area contributed by atoms with Crippen LogP contribution in [0.15, 0.2) is 29.3 Å². The van der Waals surface area contributed by atoms with Crippen molar-refractivity contribution < 1.29 is 4.74 Å². The minimum Gasteiger partial charge on any atom is -0.379 e. The summed E-state index contributed by atoms with van der Waals surface area (Å²) in [7, 11) is 0. The van der Waals surface area contributed by atoms with Crippen LogP contribution in [0.3, 0.4) is 0 Å². The smallest absolute Gasteiger partial charge is 0.188 e. The first-order chi connectivity index (χ1) is 11.9. The summed E-state index contributed by atoms with van der Waals surface area (Å²) in [6.45, 7) is 13.1. The van der Waals surface area contributed by atoms with Crippen molar-refractivity contribution in [2.75, 3.05) is 45.9 Å². The second-order valence-corrected chi connectivity index (χ2v) is 7.70. The summed E-state index contributed by atoms with van der Waals surface area (Å²) in [5.41, 5.74) is 8.83. The summed E-state index contributed by atoms with van der Waals surface area (Å²) < 4.78 is 5.35. The van der Waals surface area contributed by atoms with Crippen LogP contribution < -0.4 is 11.1 Å². The van der Waals surface area contributed by atoms with Gasteiger partial charge < -0.3 is 15.8 Å². The Morgan fingerprint density at radius 1 is 1.19 bits per heavy atom. The molecule has 0 unspecified atom stereocenters. The Bertz CT molecular complexity index is 534. The Labute approximate surface area is 175 Å². The summed E-state index contributed by atoms with van der Waals surface area (Å²) in [5.74, 6) is 0.549. The second-order valence-electron chi connectivity index (χ2n) is 7.70. The maximum atomic E-state index is 5.94. The Balaban J connectivity index is 0.00000338. The quantitative estimate of drug-likeness (QED) is 0.276. The predicted octanol–water partition coefficient (Wildman–Crippen LogP) is 2.77. The number of rotatable bonds is 7. The van der Waals surface area contributed by atoms with Gasteiger partial charge in [0.25, 0.3) is 0 Å². The maximum absolute atomic E-state index is 5.94. The molecule has 1 aliphatic heterocycles. The monoisotopic (exact) mass is 474 g/mol. The molecule has 1 heterocycles. The van der Waals surface area contributed by atoms with Crippen molar-refractivity contribution in [3.63, 3.8) is 0 Å². The van der Waals surface area contributed by atoms with Gasteiger partial charge in [-0.05, 0) is 29.4 Å². The number of guanidine groups is 1. The number of morpholine rings is 1. The van der Waals surface area contributed by atoms with E-state index in [1.165, 1.54) is 11.1 Å². The predicted molar refractivity (Wildman–Crippen MR) is 121 cm³/mol. The first kappa shape index (κ1) is 23.2. The summed E-state index contributed by atoms with van der Waals surface area (Å²) >= 11 is 0. The van der Waals surface area contributed by atoms with E-state index in [0.717, 1.165) is 58.8 Å². The van der Waals surface area contributed by atoms with Gasteiger partial charge in [0.05, 0.1) is 13.2 Å². The molecule has 0 atom stereocenters. The van der Waals surface area contributed by atoms with E-state index in [-0.39, 0.29) is 29.4 Å². The van der Waals surface area contributed by atoms with Crippen molar-refractivity contribution in [2.24, 2.45) is 10.7 Å². The van der Waals surface area contributed by atoms with Crippen molar-refractivity contribution in [3.8, 4) is 0 Å². The second kappa shape index (κ2) is 11.8. The average molecular weight is 474 g/mol. The fraction of sp³-hybridized carbons (Fsp3) is 0.650. The molecule has 0 bridgehead atoms. The SMILES string of the molecule is CC(C)(C)c1ccc(CCNC(N)=NCCCN2CCOCC2)cc1.I. The molecule has 0 amide bonds. The van der Waals surface area contributed by atoms with Gasteiger partial charge in [-0.1, -0.05) is 45.0 Å². The number of nitrogens with zero attached hydrogens (tertiary/aromatic N) is 2. The van der Waals surface area contributed by atoms with Gasteiger partial charge in [0, 0.05) is 32.7 Å². The molecular weight excluding hydrogens is 439 g/mol. The van der Waals surface area contributed by atoms with Crippen LogP contribution in [-0.4, -0.2) is 56.8 Å². The van der Waals surface area contributed by atoms with E-state index in [9.17, 15) is 0 Å². The van der Waals surface area contributed by atoms with Crippen molar-refractivity contribution in [3.05, 3.63) is 35.4 Å². The van der Waals surface area contributed by atoms with E-state index in [0.29, 0.717) is 5.96 Å². The molecule has 1 aromatic rings. The molecule has 2 rings (SSSR count). The molecule has 148 valence electrons. The van der Waals surface area contributed by atoms with Gasteiger partial charge >= 0.3 is 0 Å². The first-order valence-corrected chi connectivity index (χ1v) is 9.38. The molecule has 1 aromatic carbocycles. The lowest BCUT2D eigenvalue weighted by Crippen LogP contribution is -2.37. The zero-order chi connectivity index (χ0) is 18.1. The van der Waals surface area contributed by atoms with Gasteiger partial charge in [-0.15, -0.1) is 24.0 Å². The molecule has 0 radical (unpaired) electrons. The molecule has 0 saturated carbocycles. The summed E-state index contributed by atoms with van der Waals surface area (Å²) in [4.78, 5) is 6.83. The topological polar surface area (TPSA) is 62.9 Å². The highest BCUT2D eigenvalue weighted by Gasteiger charge is 2.12. The van der Waals surface area contributed by atoms with Gasteiger partial charge in [0.1, 0.15) is 0 Å². The lowest BCUT2D eigenvalue weighted by atomic mass is 9.86. The van der Waals surface area contributed by atoms with Crippen molar-refractivity contribution in [1.82, 2.24) is 10.2 Å². The molecule has 0 aliphatic carbocycles. The zero-order valence-electron chi connectivity index (χ0n) is 16.5. The molecule has 26 heavy (non-hydrogen) atoms. The number of nitrogens with one attached hydrogen (secondary N) is 1. The molecule has 6 heteroatoms. The minimum absolute atomic E-state index is 0. The summed E-state index contributed by atoms with van der Waals surface area (Å²) in [6.07, 6.45) is 1.99. The number of benzene rings is 1. The van der Waals surface area contributed by atoms with E-state index in [2.05, 4.69) is 60.2 Å². The highest BCUT2D eigenvalue weighted by molar-refractivity contribution is 14.0. The summed E-state index contributed by atoms with van der Waals surface area (Å²) in [5, 5.41) is 3.21. The Morgan fingerprint density at radius 2 is 1.85 bits per heavy atom. The fourth-order valence-electron chi connectivity index (χ4n) is 2.88. The largest absolute Gasteiger partial charge is 0.379 e. The number of nitrogens with two attached hydrogens (primary N) is 1. The van der Waals surface area contributed by atoms with Crippen molar-refractivity contribution in [1.29, 1.82) is 0 Å². The van der Waals surface area contributed by atoms with Gasteiger partial charge in [-0.25, -0.2) is 0 Å². The third kappa shape index (κ3) is 8.68. The first-order valence-electron chi connectivity index (χ1n) is 9.38. The Kier molecular flexibility index (Phi) is 10.5. The molecule has 5 nitrogen and oxygen atoms in total. The van der Waals surface area contributed by atoms with Crippen LogP contribution >= 0.6 is 24.0 Å². The van der Waals surface area contributed by atoms with E-state index < -0.39 is 0 Å². The van der Waals surface area contributed by atoms with Crippen LogP contribution in [0, 0.1) is 0 Å². The molecule has 1 fully saturated rings. The fourth-order valence-corrected chi connectivity index (χ4v) is 2.88. The maximum Gasteiger partial charge on any atom is 0.188 e. The van der Waals surface area contributed by atoms with Crippen LogP contribution in [0.2, 0.25) is 0 Å². The minimum atomic E-state index is 0. The molecule has 3 N–H and O–H groups in total. The molecule has 0 aromatic heterocycles. The highest BCUT2D eigenvalue weighted by atomic mass is 127. The number of halogens is 1. The van der Waals surface area contributed by atoms with E-state index in [1.54, 1.807) is 0 Å². The molecular formula is C20H35IN4O. The van der Waals surface area contributed by atoms with Crippen LogP contribution in [-0.2, 0) is 16.6 Å². The van der Waals surface area contributed by atoms with Gasteiger partial charge in [0.2, 0.25) is 0 Å². The van der Waals surface area contributed by atoms with E-state index in [4.69, 9.17) is 10.5 Å². The van der Waals surface area contributed by atoms with Crippen molar-refractivity contribution >= 4 is 29.9 Å². The average Bonchev–Trinajstić information content (AvgIpc) is 2.59. The van der Waals surface area contributed by atoms with Crippen molar-refractivity contribution in [2.45, 2.75) is 39.0 Å². The van der Waals surface area contributed by atoms with Crippen LogP contribution in [0.25, 0.3) is 0 Å². The normalized spacial score (nSPS) is 16.2. The van der Waals surface area contributed by atoms with E-state index >= 15 is 0 Å². The van der Waals surface area contributed by atoms with Gasteiger partial charge in [0.15, 0.2) is 5.96 Å². The lowest BCUT2D eigenvalue weighted by Gasteiger charge is -2.26. The Hall–Kier alpha value is -0.860. The molecule has 1 saturated heterocycles. The van der Waals surface area contributed by atoms with Crippen LogP contribution in [0.4, 0.5) is 0 Å². The number of hydrogen-bond acceptors (Lipinski definition) is 3. The van der Waals surface area contributed by atoms with Crippen LogP contribution in [0.1, 0.15) is 38.3 Å². The third-order valence-electron chi connectivity index (χ3n) is 4.56. The Morgan fingerprint density at radius 3 is 2.46 bits per heavy atom. The molecule has 1 aliphatic rings. The number of ether oxygens (including phenoxy) is 1. The van der Waals surface area contributed by atoms with Crippen LogP contribution in [0.5, 0.6) is 0 Å². The number of hydrogen-bond donors (Lipinski definition) is 2. The van der Waals surface area contributed by atoms with E-state index in [1.807, 2.05) is 0 Å². The standard InChI is InChI=1S/C20H34N4O.HI/c1-20(2,3)18-7-5-17(6-8-18)9-11-23-19(21)22-10-4-12-24-13-15-25-16-14-24;/h5-8H,4,9-16H2,1-3H3,(H3,21,22,23);1H. The molecule has 0 spiro atoms. The number of aliphatic imine (C=N–C) groups is 1. The van der Waals surface area contributed by atoms with Gasteiger partial charge in [-0.2, -0.15) is 0 Å². The zero-order valence-corrected chi connectivity index (χ0v) is 18.8.